The lowest BCUT2D eigenvalue weighted by Gasteiger charge is -2.26. The first-order valence-electron chi connectivity index (χ1n) is 7.72. The minimum Gasteiger partial charge on any atom is -0.447 e. The Morgan fingerprint density at radius 3 is 2.40 bits per heavy atom. The third-order valence-electron chi connectivity index (χ3n) is 4.11. The smallest absolute Gasteiger partial charge is 0.416 e. The SMILES string of the molecule is NC(C(=O)N1CCOC1=O)[C@H](c1ccc(F)cc1)c1cccc(F)c1. The number of ether oxygens (including phenoxy) is 1. The highest BCUT2D eigenvalue weighted by Gasteiger charge is 2.36. The molecule has 5 nitrogen and oxygen atoms in total. The normalized spacial score (nSPS) is 16.4. The summed E-state index contributed by atoms with van der Waals surface area (Å²) in [6, 6.07) is 9.97. The maximum absolute atomic E-state index is 13.7. The molecule has 2 N–H and O–H groups in total. The molecule has 0 saturated carbocycles. The number of amides is 2. The van der Waals surface area contributed by atoms with Gasteiger partial charge in [-0.25, -0.2) is 18.5 Å². The van der Waals surface area contributed by atoms with E-state index in [2.05, 4.69) is 0 Å². The number of benzene rings is 2. The fourth-order valence-electron chi connectivity index (χ4n) is 2.89. The van der Waals surface area contributed by atoms with Crippen LogP contribution in [0.25, 0.3) is 0 Å². The third-order valence-corrected chi connectivity index (χ3v) is 4.11. The van der Waals surface area contributed by atoms with Gasteiger partial charge in [0.05, 0.1) is 12.6 Å². The van der Waals surface area contributed by atoms with Crippen LogP contribution >= 0.6 is 0 Å². The Kier molecular flexibility index (Phi) is 4.76. The van der Waals surface area contributed by atoms with E-state index in [1.165, 1.54) is 42.5 Å². The quantitative estimate of drug-likeness (QED) is 0.923. The van der Waals surface area contributed by atoms with Crippen molar-refractivity contribution >= 4 is 12.0 Å². The van der Waals surface area contributed by atoms with Crippen molar-refractivity contribution < 1.29 is 23.1 Å². The summed E-state index contributed by atoms with van der Waals surface area (Å²) in [5.74, 6) is -2.28. The Bertz CT molecular complexity index is 795. The zero-order chi connectivity index (χ0) is 18.0. The molecule has 1 unspecified atom stereocenters. The van der Waals surface area contributed by atoms with Crippen LogP contribution in [-0.4, -0.2) is 36.1 Å². The van der Waals surface area contributed by atoms with Crippen LogP contribution in [0.1, 0.15) is 17.0 Å². The summed E-state index contributed by atoms with van der Waals surface area (Å²) in [6.07, 6.45) is -0.752. The van der Waals surface area contributed by atoms with Crippen molar-refractivity contribution in [1.82, 2.24) is 4.90 Å². The van der Waals surface area contributed by atoms with Crippen molar-refractivity contribution in [2.75, 3.05) is 13.2 Å². The van der Waals surface area contributed by atoms with Crippen molar-refractivity contribution in [3.05, 3.63) is 71.3 Å². The summed E-state index contributed by atoms with van der Waals surface area (Å²) in [5.41, 5.74) is 7.14. The van der Waals surface area contributed by atoms with E-state index in [9.17, 15) is 18.4 Å². The molecule has 25 heavy (non-hydrogen) atoms. The lowest BCUT2D eigenvalue weighted by Crippen LogP contribution is -2.47. The van der Waals surface area contributed by atoms with E-state index in [4.69, 9.17) is 10.5 Å². The van der Waals surface area contributed by atoms with Crippen LogP contribution in [0.4, 0.5) is 13.6 Å². The topological polar surface area (TPSA) is 72.6 Å². The standard InChI is InChI=1S/C18H16F2N2O3/c19-13-6-4-11(5-7-13)15(12-2-1-3-14(20)10-12)16(21)17(23)22-8-9-25-18(22)24/h1-7,10,15-16H,8-9,21H2/t15-,16?/m1/s1. The molecule has 0 aliphatic carbocycles. The largest absolute Gasteiger partial charge is 0.447 e. The Labute approximate surface area is 143 Å². The van der Waals surface area contributed by atoms with E-state index in [1.807, 2.05) is 0 Å². The fourth-order valence-corrected chi connectivity index (χ4v) is 2.89. The second-order valence-electron chi connectivity index (χ2n) is 5.71. The Morgan fingerprint density at radius 1 is 1.08 bits per heavy atom. The second kappa shape index (κ2) is 6.98. The predicted octanol–water partition coefficient (Wildman–Crippen LogP) is 2.40. The van der Waals surface area contributed by atoms with E-state index in [-0.39, 0.29) is 13.2 Å². The van der Waals surface area contributed by atoms with E-state index >= 15 is 0 Å². The van der Waals surface area contributed by atoms with Crippen molar-refractivity contribution in [2.45, 2.75) is 12.0 Å². The van der Waals surface area contributed by atoms with Gasteiger partial charge in [0.15, 0.2) is 0 Å². The Morgan fingerprint density at radius 2 is 1.80 bits per heavy atom. The first kappa shape index (κ1) is 17.0. The molecule has 2 aromatic carbocycles. The first-order chi connectivity index (χ1) is 12.0. The fraction of sp³-hybridized carbons (Fsp3) is 0.222. The summed E-state index contributed by atoms with van der Waals surface area (Å²) >= 11 is 0. The van der Waals surface area contributed by atoms with E-state index in [1.54, 1.807) is 6.07 Å². The molecule has 0 bridgehead atoms. The van der Waals surface area contributed by atoms with E-state index < -0.39 is 35.6 Å². The molecular formula is C18H16F2N2O3. The molecule has 1 heterocycles. The molecule has 1 aliphatic rings. The average molecular weight is 346 g/mol. The van der Waals surface area contributed by atoms with Crippen LogP contribution in [-0.2, 0) is 9.53 Å². The number of nitrogens with two attached hydrogens (primary N) is 1. The van der Waals surface area contributed by atoms with Crippen LogP contribution in [0.2, 0.25) is 0 Å². The van der Waals surface area contributed by atoms with E-state index in [0.29, 0.717) is 11.1 Å². The number of cyclic esters (lactones) is 1. The number of hydrogen-bond acceptors (Lipinski definition) is 4. The van der Waals surface area contributed by atoms with Gasteiger partial charge in [-0.15, -0.1) is 0 Å². The van der Waals surface area contributed by atoms with Crippen molar-refractivity contribution in [1.29, 1.82) is 0 Å². The number of rotatable bonds is 4. The highest BCUT2D eigenvalue weighted by Crippen LogP contribution is 2.29. The molecule has 2 atom stereocenters. The molecule has 0 aromatic heterocycles. The number of halogens is 2. The van der Waals surface area contributed by atoms with Gasteiger partial charge in [0, 0.05) is 5.92 Å². The van der Waals surface area contributed by atoms with Gasteiger partial charge in [-0.2, -0.15) is 0 Å². The molecule has 130 valence electrons. The van der Waals surface area contributed by atoms with Crippen LogP contribution in [0.3, 0.4) is 0 Å². The molecule has 2 aromatic rings. The Hall–Kier alpha value is -2.80. The summed E-state index contributed by atoms with van der Waals surface area (Å²) in [7, 11) is 0. The van der Waals surface area contributed by atoms with Gasteiger partial charge >= 0.3 is 6.09 Å². The summed E-state index contributed by atoms with van der Waals surface area (Å²) < 4.78 is 31.7. The predicted molar refractivity (Wildman–Crippen MR) is 85.7 cm³/mol. The number of imide groups is 1. The van der Waals surface area contributed by atoms with E-state index in [0.717, 1.165) is 4.90 Å². The molecular weight excluding hydrogens is 330 g/mol. The number of carbonyl (C=O) groups is 2. The van der Waals surface area contributed by atoms with Gasteiger partial charge < -0.3 is 10.5 Å². The molecule has 3 rings (SSSR count). The average Bonchev–Trinajstić information content (AvgIpc) is 3.02. The van der Waals surface area contributed by atoms with Crippen molar-refractivity contribution in [3.8, 4) is 0 Å². The molecule has 1 saturated heterocycles. The number of carbonyl (C=O) groups excluding carboxylic acids is 2. The molecule has 1 fully saturated rings. The first-order valence-corrected chi connectivity index (χ1v) is 7.72. The van der Waals surface area contributed by atoms with Crippen LogP contribution in [0.15, 0.2) is 48.5 Å². The van der Waals surface area contributed by atoms with Gasteiger partial charge in [-0.1, -0.05) is 24.3 Å². The van der Waals surface area contributed by atoms with Gasteiger partial charge in [-0.3, -0.25) is 4.79 Å². The highest BCUT2D eigenvalue weighted by molar-refractivity contribution is 5.96. The molecule has 1 aliphatic heterocycles. The summed E-state index contributed by atoms with van der Waals surface area (Å²) in [6.45, 7) is 0.225. The molecule has 7 heteroatoms. The zero-order valence-corrected chi connectivity index (χ0v) is 13.2. The number of hydrogen-bond donors (Lipinski definition) is 1. The van der Waals surface area contributed by atoms with Crippen LogP contribution in [0.5, 0.6) is 0 Å². The lowest BCUT2D eigenvalue weighted by molar-refractivity contribution is -0.129. The monoisotopic (exact) mass is 346 g/mol. The van der Waals surface area contributed by atoms with Crippen molar-refractivity contribution in [3.63, 3.8) is 0 Å². The van der Waals surface area contributed by atoms with Crippen LogP contribution < -0.4 is 5.73 Å². The third kappa shape index (κ3) is 3.51. The molecule has 0 spiro atoms. The van der Waals surface area contributed by atoms with Gasteiger partial charge in [0.1, 0.15) is 18.2 Å². The lowest BCUT2D eigenvalue weighted by atomic mass is 9.84. The minimum absolute atomic E-state index is 0.110. The molecule has 2 amide bonds. The number of nitrogens with zero attached hydrogens (tertiary/aromatic N) is 1. The summed E-state index contributed by atoms with van der Waals surface area (Å²) in [5, 5.41) is 0. The van der Waals surface area contributed by atoms with Gasteiger partial charge in [0.25, 0.3) is 0 Å². The zero-order valence-electron chi connectivity index (χ0n) is 13.2. The molecule has 0 radical (unpaired) electrons. The maximum Gasteiger partial charge on any atom is 0.416 e. The van der Waals surface area contributed by atoms with Gasteiger partial charge in [0.2, 0.25) is 5.91 Å². The van der Waals surface area contributed by atoms with Crippen molar-refractivity contribution in [2.24, 2.45) is 5.73 Å². The van der Waals surface area contributed by atoms with Crippen LogP contribution in [0, 0.1) is 11.6 Å². The second-order valence-corrected chi connectivity index (χ2v) is 5.71. The minimum atomic E-state index is -1.15. The highest BCUT2D eigenvalue weighted by atomic mass is 19.1. The maximum atomic E-state index is 13.7. The van der Waals surface area contributed by atoms with Gasteiger partial charge in [-0.05, 0) is 35.4 Å². The summed E-state index contributed by atoms with van der Waals surface area (Å²) in [4.78, 5) is 25.2. The Balaban J connectivity index is 1.99.